The van der Waals surface area contributed by atoms with Gasteiger partial charge < -0.3 is 19.5 Å². The molecule has 1 atom stereocenters. The van der Waals surface area contributed by atoms with Crippen LogP contribution in [0.1, 0.15) is 18.4 Å². The highest BCUT2D eigenvalue weighted by Gasteiger charge is 2.43. The van der Waals surface area contributed by atoms with Gasteiger partial charge in [-0.05, 0) is 31.0 Å². The molecule has 2 fully saturated rings. The number of likely N-dealkylation sites (tertiary alicyclic amines) is 1. The summed E-state index contributed by atoms with van der Waals surface area (Å²) in [5, 5.41) is 10.9. The lowest BCUT2D eigenvalue weighted by molar-refractivity contribution is -0.161. The summed E-state index contributed by atoms with van der Waals surface area (Å²) < 4.78 is 24.5. The van der Waals surface area contributed by atoms with Gasteiger partial charge in [0.05, 0.1) is 20.3 Å². The maximum atomic E-state index is 14.1. The van der Waals surface area contributed by atoms with E-state index >= 15 is 0 Å². The molecule has 0 spiro atoms. The van der Waals surface area contributed by atoms with Crippen molar-refractivity contribution in [3.63, 3.8) is 0 Å². The summed E-state index contributed by atoms with van der Waals surface area (Å²) in [5.74, 6) is -0.159. The zero-order chi connectivity index (χ0) is 17.9. The van der Waals surface area contributed by atoms with Crippen molar-refractivity contribution in [3.8, 4) is 5.75 Å². The standard InChI is InChI=1S/C18H25FN2O4/c1-24-15-3-4-16(19)14(11-15)12-21-6-2-5-18(23,17(21)22)13-20-7-9-25-10-8-20/h3-4,11,23H,2,5-10,12-13H2,1H3/t18-/m1/s1. The maximum Gasteiger partial charge on any atom is 0.256 e. The van der Waals surface area contributed by atoms with Gasteiger partial charge in [-0.25, -0.2) is 4.39 Å². The van der Waals surface area contributed by atoms with E-state index in [1.54, 1.807) is 17.0 Å². The molecule has 3 rings (SSSR count). The predicted octanol–water partition coefficient (Wildman–Crippen LogP) is 1.02. The number of nitrogens with zero attached hydrogens (tertiary/aromatic N) is 2. The van der Waals surface area contributed by atoms with Crippen molar-refractivity contribution in [1.29, 1.82) is 0 Å². The zero-order valence-electron chi connectivity index (χ0n) is 14.5. The third kappa shape index (κ3) is 4.11. The number of halogens is 1. The summed E-state index contributed by atoms with van der Waals surface area (Å²) in [7, 11) is 1.52. The number of rotatable bonds is 5. The van der Waals surface area contributed by atoms with E-state index in [2.05, 4.69) is 4.90 Å². The Morgan fingerprint density at radius 2 is 2.08 bits per heavy atom. The van der Waals surface area contributed by atoms with Crippen LogP contribution in [0.5, 0.6) is 5.75 Å². The molecule has 0 unspecified atom stereocenters. The lowest BCUT2D eigenvalue weighted by atomic mass is 9.90. The molecular formula is C18H25FN2O4. The monoisotopic (exact) mass is 352 g/mol. The lowest BCUT2D eigenvalue weighted by Crippen LogP contribution is -2.59. The molecule has 1 aromatic rings. The number of amides is 1. The fraction of sp³-hybridized carbons (Fsp3) is 0.611. The smallest absolute Gasteiger partial charge is 0.256 e. The highest BCUT2D eigenvalue weighted by atomic mass is 19.1. The van der Waals surface area contributed by atoms with E-state index in [9.17, 15) is 14.3 Å². The number of benzene rings is 1. The third-order valence-corrected chi connectivity index (χ3v) is 4.91. The normalized spacial score (nSPS) is 25.2. The second-order valence-electron chi connectivity index (χ2n) is 6.71. The van der Waals surface area contributed by atoms with Crippen molar-refractivity contribution in [2.24, 2.45) is 0 Å². The number of carbonyl (C=O) groups is 1. The molecule has 2 aliphatic heterocycles. The largest absolute Gasteiger partial charge is 0.497 e. The molecule has 6 nitrogen and oxygen atoms in total. The average Bonchev–Trinajstić information content (AvgIpc) is 2.62. The summed E-state index contributed by atoms with van der Waals surface area (Å²) in [6.07, 6.45) is 1.12. The van der Waals surface area contributed by atoms with Crippen LogP contribution < -0.4 is 4.74 Å². The lowest BCUT2D eigenvalue weighted by Gasteiger charge is -2.41. The van der Waals surface area contributed by atoms with Gasteiger partial charge in [-0.15, -0.1) is 0 Å². The van der Waals surface area contributed by atoms with Crippen LogP contribution in [0.2, 0.25) is 0 Å². The molecule has 0 aliphatic carbocycles. The first-order valence-electron chi connectivity index (χ1n) is 8.66. The van der Waals surface area contributed by atoms with Gasteiger partial charge in [0.1, 0.15) is 11.6 Å². The van der Waals surface area contributed by atoms with Gasteiger partial charge in [0.15, 0.2) is 5.60 Å². The van der Waals surface area contributed by atoms with Crippen LogP contribution in [0.3, 0.4) is 0 Å². The van der Waals surface area contributed by atoms with E-state index in [0.29, 0.717) is 63.5 Å². The number of ether oxygens (including phenoxy) is 2. The van der Waals surface area contributed by atoms with Crippen LogP contribution in [0.15, 0.2) is 18.2 Å². The van der Waals surface area contributed by atoms with E-state index < -0.39 is 5.60 Å². The van der Waals surface area contributed by atoms with E-state index in [1.807, 2.05) is 0 Å². The number of piperidine rings is 1. The second-order valence-corrected chi connectivity index (χ2v) is 6.71. The average molecular weight is 352 g/mol. The summed E-state index contributed by atoms with van der Waals surface area (Å²) in [4.78, 5) is 16.5. The summed E-state index contributed by atoms with van der Waals surface area (Å²) in [6, 6.07) is 4.48. The molecule has 0 saturated carbocycles. The number of aliphatic hydroxyl groups is 1. The Morgan fingerprint density at radius 1 is 1.32 bits per heavy atom. The minimum absolute atomic E-state index is 0.132. The quantitative estimate of drug-likeness (QED) is 0.857. The van der Waals surface area contributed by atoms with Gasteiger partial charge in [0.25, 0.3) is 5.91 Å². The van der Waals surface area contributed by atoms with Crippen molar-refractivity contribution in [1.82, 2.24) is 9.80 Å². The molecule has 1 N–H and O–H groups in total. The Labute approximate surface area is 147 Å². The molecule has 0 aromatic heterocycles. The molecular weight excluding hydrogens is 327 g/mol. The first-order valence-corrected chi connectivity index (χ1v) is 8.66. The Morgan fingerprint density at radius 3 is 2.80 bits per heavy atom. The van der Waals surface area contributed by atoms with Gasteiger partial charge in [-0.3, -0.25) is 9.69 Å². The fourth-order valence-electron chi connectivity index (χ4n) is 3.50. The van der Waals surface area contributed by atoms with Crippen molar-refractivity contribution >= 4 is 5.91 Å². The second kappa shape index (κ2) is 7.68. The summed E-state index contributed by atoms with van der Waals surface area (Å²) in [6.45, 7) is 3.59. The van der Waals surface area contributed by atoms with Gasteiger partial charge in [-0.1, -0.05) is 0 Å². The molecule has 2 saturated heterocycles. The van der Waals surface area contributed by atoms with Crippen LogP contribution in [0.25, 0.3) is 0 Å². The molecule has 138 valence electrons. The van der Waals surface area contributed by atoms with Crippen molar-refractivity contribution in [2.45, 2.75) is 25.0 Å². The molecule has 0 bridgehead atoms. The first kappa shape index (κ1) is 18.1. The van der Waals surface area contributed by atoms with Crippen LogP contribution in [0, 0.1) is 5.82 Å². The van der Waals surface area contributed by atoms with Crippen LogP contribution in [0.4, 0.5) is 4.39 Å². The minimum Gasteiger partial charge on any atom is -0.497 e. The van der Waals surface area contributed by atoms with E-state index in [1.165, 1.54) is 13.2 Å². The van der Waals surface area contributed by atoms with Gasteiger partial charge >= 0.3 is 0 Å². The van der Waals surface area contributed by atoms with E-state index in [0.717, 1.165) is 0 Å². The molecule has 2 heterocycles. The molecule has 7 heteroatoms. The van der Waals surface area contributed by atoms with Gasteiger partial charge in [0.2, 0.25) is 0 Å². The number of hydrogen-bond donors (Lipinski definition) is 1. The minimum atomic E-state index is -1.41. The van der Waals surface area contributed by atoms with Crippen LogP contribution in [-0.2, 0) is 16.1 Å². The van der Waals surface area contributed by atoms with Gasteiger partial charge in [0, 0.05) is 38.3 Å². The Kier molecular flexibility index (Phi) is 5.56. The number of β-amino-alcohol motifs (C(OH)–C–C–N with tert-alkyl or cyclic N) is 1. The molecule has 2 aliphatic rings. The van der Waals surface area contributed by atoms with Crippen molar-refractivity contribution in [2.75, 3.05) is 46.5 Å². The molecule has 1 aromatic carbocycles. The number of carbonyl (C=O) groups excluding carboxylic acids is 1. The Hall–Kier alpha value is -1.70. The third-order valence-electron chi connectivity index (χ3n) is 4.91. The summed E-state index contributed by atoms with van der Waals surface area (Å²) in [5.41, 5.74) is -1.02. The van der Waals surface area contributed by atoms with Crippen molar-refractivity contribution in [3.05, 3.63) is 29.6 Å². The zero-order valence-corrected chi connectivity index (χ0v) is 14.5. The molecule has 25 heavy (non-hydrogen) atoms. The predicted molar refractivity (Wildman–Crippen MR) is 89.8 cm³/mol. The van der Waals surface area contributed by atoms with Gasteiger partial charge in [-0.2, -0.15) is 0 Å². The highest BCUT2D eigenvalue weighted by Crippen LogP contribution is 2.27. The van der Waals surface area contributed by atoms with E-state index in [-0.39, 0.29) is 18.3 Å². The van der Waals surface area contributed by atoms with Crippen molar-refractivity contribution < 1.29 is 23.8 Å². The number of morpholine rings is 1. The maximum absolute atomic E-state index is 14.1. The first-order chi connectivity index (χ1) is 12.0. The van der Waals surface area contributed by atoms with Crippen LogP contribution in [-0.4, -0.2) is 72.9 Å². The number of methoxy groups -OCH3 is 1. The van der Waals surface area contributed by atoms with Crippen LogP contribution >= 0.6 is 0 Å². The fourth-order valence-corrected chi connectivity index (χ4v) is 3.50. The van der Waals surface area contributed by atoms with E-state index in [4.69, 9.17) is 9.47 Å². The Bertz CT molecular complexity index is 621. The summed E-state index contributed by atoms with van der Waals surface area (Å²) >= 11 is 0. The topological polar surface area (TPSA) is 62.2 Å². The highest BCUT2D eigenvalue weighted by molar-refractivity contribution is 5.86. The number of hydrogen-bond acceptors (Lipinski definition) is 5. The molecule has 1 amide bonds. The SMILES string of the molecule is COc1ccc(F)c(CN2CCC[C@@](O)(CN3CCOCC3)C2=O)c1. The molecule has 0 radical (unpaired) electrons. The Balaban J connectivity index is 1.71.